The lowest BCUT2D eigenvalue weighted by Gasteiger charge is -2.21. The zero-order valence-corrected chi connectivity index (χ0v) is 10.2. The molecule has 1 saturated heterocycles. The monoisotopic (exact) mass is 238 g/mol. The maximum Gasteiger partial charge on any atom is 0.109 e. The Morgan fingerprint density at radius 1 is 1.50 bits per heavy atom. The molecule has 3 nitrogen and oxygen atoms in total. The fourth-order valence-corrected chi connectivity index (χ4v) is 3.96. The summed E-state index contributed by atoms with van der Waals surface area (Å²) in [4.78, 5) is 4.54. The fraction of sp³-hybridized carbons (Fsp3) is 0.750. The van der Waals surface area contributed by atoms with Gasteiger partial charge in [0.25, 0.3) is 0 Å². The van der Waals surface area contributed by atoms with Crippen LogP contribution in [0.1, 0.15) is 24.4 Å². The van der Waals surface area contributed by atoms with Gasteiger partial charge in [0.15, 0.2) is 0 Å². The third-order valence-corrected chi connectivity index (χ3v) is 4.88. The van der Waals surface area contributed by atoms with Crippen molar-refractivity contribution in [3.63, 3.8) is 0 Å². The van der Waals surface area contributed by atoms with Gasteiger partial charge in [0, 0.05) is 31.3 Å². The highest BCUT2D eigenvalue weighted by molar-refractivity contribution is 7.99. The smallest absolute Gasteiger partial charge is 0.109 e. The van der Waals surface area contributed by atoms with E-state index in [0.717, 1.165) is 31.7 Å². The maximum atomic E-state index is 9.60. The highest BCUT2D eigenvalue weighted by atomic mass is 32.2. The van der Waals surface area contributed by atoms with E-state index in [1.807, 2.05) is 6.20 Å². The molecule has 2 aliphatic rings. The Morgan fingerprint density at radius 2 is 2.44 bits per heavy atom. The van der Waals surface area contributed by atoms with E-state index < -0.39 is 0 Å². The number of imidazole rings is 1. The van der Waals surface area contributed by atoms with Gasteiger partial charge in [-0.1, -0.05) is 0 Å². The summed E-state index contributed by atoms with van der Waals surface area (Å²) in [6.07, 6.45) is 5.94. The van der Waals surface area contributed by atoms with Crippen LogP contribution in [-0.4, -0.2) is 32.3 Å². The predicted molar refractivity (Wildman–Crippen MR) is 65.7 cm³/mol. The summed E-state index contributed by atoms with van der Waals surface area (Å²) < 4.78 is 2.33. The van der Waals surface area contributed by atoms with E-state index in [1.165, 1.54) is 29.4 Å². The van der Waals surface area contributed by atoms with Crippen LogP contribution < -0.4 is 0 Å². The number of aliphatic hydroxyl groups excluding tert-OH is 1. The third-order valence-electron chi connectivity index (χ3n) is 3.65. The van der Waals surface area contributed by atoms with Gasteiger partial charge in [0.05, 0.1) is 6.10 Å². The Kier molecular flexibility index (Phi) is 2.94. The van der Waals surface area contributed by atoms with Crippen molar-refractivity contribution in [2.45, 2.75) is 38.3 Å². The Bertz CT molecular complexity index is 371. The molecule has 88 valence electrons. The van der Waals surface area contributed by atoms with E-state index in [0.29, 0.717) is 0 Å². The maximum absolute atomic E-state index is 9.60. The van der Waals surface area contributed by atoms with Gasteiger partial charge < -0.3 is 9.67 Å². The molecule has 0 bridgehead atoms. The van der Waals surface area contributed by atoms with Crippen molar-refractivity contribution in [3.8, 4) is 0 Å². The quantitative estimate of drug-likeness (QED) is 0.848. The minimum atomic E-state index is -0.154. The Hall–Kier alpha value is -0.480. The van der Waals surface area contributed by atoms with Crippen molar-refractivity contribution in [1.29, 1.82) is 0 Å². The summed E-state index contributed by atoms with van der Waals surface area (Å²) in [5.41, 5.74) is 1.22. The second-order valence-electron chi connectivity index (χ2n) is 4.90. The first kappa shape index (κ1) is 10.7. The molecule has 0 aromatic carbocycles. The van der Waals surface area contributed by atoms with Gasteiger partial charge in [-0.15, -0.1) is 0 Å². The van der Waals surface area contributed by atoms with E-state index in [4.69, 9.17) is 0 Å². The number of rotatable bonds is 2. The lowest BCUT2D eigenvalue weighted by atomic mass is 10.0. The highest BCUT2D eigenvalue weighted by Crippen LogP contribution is 2.27. The molecule has 2 aliphatic heterocycles. The first-order chi connectivity index (χ1) is 7.83. The summed E-state index contributed by atoms with van der Waals surface area (Å²) in [6, 6.07) is 0. The summed E-state index contributed by atoms with van der Waals surface area (Å²) in [5.74, 6) is 4.68. The van der Waals surface area contributed by atoms with Crippen LogP contribution in [0.15, 0.2) is 6.20 Å². The van der Waals surface area contributed by atoms with E-state index in [9.17, 15) is 5.11 Å². The second kappa shape index (κ2) is 4.41. The molecule has 1 N–H and O–H groups in total. The zero-order chi connectivity index (χ0) is 11.0. The van der Waals surface area contributed by atoms with Crippen molar-refractivity contribution in [2.75, 3.05) is 11.5 Å². The molecular weight excluding hydrogens is 220 g/mol. The van der Waals surface area contributed by atoms with Crippen molar-refractivity contribution < 1.29 is 5.11 Å². The Balaban J connectivity index is 1.75. The summed E-state index contributed by atoms with van der Waals surface area (Å²) >= 11 is 2.06. The van der Waals surface area contributed by atoms with Crippen LogP contribution in [0.4, 0.5) is 0 Å². The summed E-state index contributed by atoms with van der Waals surface area (Å²) in [6.45, 7) is 0.950. The lowest BCUT2D eigenvalue weighted by molar-refractivity contribution is 0.142. The van der Waals surface area contributed by atoms with E-state index in [-0.39, 0.29) is 6.10 Å². The van der Waals surface area contributed by atoms with Crippen LogP contribution in [0.3, 0.4) is 0 Å². The topological polar surface area (TPSA) is 38.0 Å². The van der Waals surface area contributed by atoms with Crippen molar-refractivity contribution in [1.82, 2.24) is 9.55 Å². The molecule has 0 amide bonds. The standard InChI is InChI=1S/C12H18N2OS/c15-11-1-3-14-10(6-11)7-13-12(14)5-9-2-4-16-8-9/h7,9,11,15H,1-6,8H2. The van der Waals surface area contributed by atoms with Crippen molar-refractivity contribution >= 4 is 11.8 Å². The van der Waals surface area contributed by atoms with E-state index in [1.54, 1.807) is 0 Å². The van der Waals surface area contributed by atoms with Crippen LogP contribution >= 0.6 is 11.8 Å². The molecule has 2 atom stereocenters. The SMILES string of the molecule is OC1CCn2c(cnc2CC2CCSC2)C1. The van der Waals surface area contributed by atoms with Gasteiger partial charge in [-0.05, 0) is 30.3 Å². The highest BCUT2D eigenvalue weighted by Gasteiger charge is 2.23. The lowest BCUT2D eigenvalue weighted by Crippen LogP contribution is -2.24. The van der Waals surface area contributed by atoms with Gasteiger partial charge in [-0.25, -0.2) is 4.98 Å². The molecule has 1 aromatic rings. The minimum absolute atomic E-state index is 0.154. The number of hydrogen-bond acceptors (Lipinski definition) is 3. The number of hydrogen-bond donors (Lipinski definition) is 1. The molecular formula is C12H18N2OS. The van der Waals surface area contributed by atoms with E-state index >= 15 is 0 Å². The average Bonchev–Trinajstić information content (AvgIpc) is 2.89. The molecule has 0 aliphatic carbocycles. The van der Waals surface area contributed by atoms with Crippen LogP contribution in [0, 0.1) is 5.92 Å². The number of aromatic nitrogens is 2. The molecule has 3 heterocycles. The number of nitrogens with zero attached hydrogens (tertiary/aromatic N) is 2. The Labute approximate surface area is 100 Å². The zero-order valence-electron chi connectivity index (χ0n) is 9.43. The molecule has 1 fully saturated rings. The molecule has 16 heavy (non-hydrogen) atoms. The number of aliphatic hydroxyl groups is 1. The molecule has 0 spiro atoms. The van der Waals surface area contributed by atoms with Crippen LogP contribution in [-0.2, 0) is 19.4 Å². The van der Waals surface area contributed by atoms with Gasteiger partial charge in [0.1, 0.15) is 5.82 Å². The van der Waals surface area contributed by atoms with Crippen molar-refractivity contribution in [3.05, 3.63) is 17.7 Å². The number of fused-ring (bicyclic) bond motifs is 1. The molecule has 2 unspecified atom stereocenters. The average molecular weight is 238 g/mol. The first-order valence-electron chi connectivity index (χ1n) is 6.12. The molecule has 0 saturated carbocycles. The van der Waals surface area contributed by atoms with E-state index in [2.05, 4.69) is 21.3 Å². The molecule has 1 aromatic heterocycles. The largest absolute Gasteiger partial charge is 0.393 e. The normalized spacial score (nSPS) is 29.3. The summed E-state index contributed by atoms with van der Waals surface area (Å²) in [5, 5.41) is 9.60. The molecule has 0 radical (unpaired) electrons. The van der Waals surface area contributed by atoms with Crippen LogP contribution in [0.25, 0.3) is 0 Å². The van der Waals surface area contributed by atoms with Crippen molar-refractivity contribution in [2.24, 2.45) is 5.92 Å². The molecule has 4 heteroatoms. The predicted octanol–water partition coefficient (Wildman–Crippen LogP) is 1.49. The first-order valence-corrected chi connectivity index (χ1v) is 7.27. The summed E-state index contributed by atoms with van der Waals surface area (Å²) in [7, 11) is 0. The van der Waals surface area contributed by atoms with Gasteiger partial charge in [-0.2, -0.15) is 11.8 Å². The Morgan fingerprint density at radius 3 is 3.25 bits per heavy atom. The second-order valence-corrected chi connectivity index (χ2v) is 6.05. The fourth-order valence-electron chi connectivity index (χ4n) is 2.68. The van der Waals surface area contributed by atoms with Gasteiger partial charge in [0.2, 0.25) is 0 Å². The van der Waals surface area contributed by atoms with Crippen LogP contribution in [0.5, 0.6) is 0 Å². The minimum Gasteiger partial charge on any atom is -0.393 e. The van der Waals surface area contributed by atoms with Gasteiger partial charge in [-0.3, -0.25) is 0 Å². The third kappa shape index (κ3) is 2.00. The number of thioether (sulfide) groups is 1. The van der Waals surface area contributed by atoms with Gasteiger partial charge >= 0.3 is 0 Å². The van der Waals surface area contributed by atoms with Crippen LogP contribution in [0.2, 0.25) is 0 Å². The molecule has 3 rings (SSSR count).